The number of hydrogen-bond donors (Lipinski definition) is 21. The van der Waals surface area contributed by atoms with Crippen molar-refractivity contribution >= 4 is 65.0 Å². The van der Waals surface area contributed by atoms with Crippen LogP contribution >= 0.6 is 0 Å². The Labute approximate surface area is 514 Å². The highest BCUT2D eigenvalue weighted by molar-refractivity contribution is 6.02. The second-order valence-corrected chi connectivity index (χ2v) is 21.5. The van der Waals surface area contributed by atoms with Crippen molar-refractivity contribution in [1.82, 2.24) is 68.0 Å². The number of rotatable bonds is 46. The highest BCUT2D eigenvalue weighted by Crippen LogP contribution is 2.21. The van der Waals surface area contributed by atoms with Gasteiger partial charge < -0.3 is 114 Å². The second kappa shape index (κ2) is 44.1. The topological polar surface area (TPSA) is 575 Å². The van der Waals surface area contributed by atoms with E-state index in [1.807, 2.05) is 0 Å². The van der Waals surface area contributed by atoms with Crippen molar-refractivity contribution in [3.8, 4) is 0 Å². The first-order valence-electron chi connectivity index (χ1n) is 30.6. The first-order valence-corrected chi connectivity index (χ1v) is 30.6. The van der Waals surface area contributed by atoms with Crippen LogP contribution in [0.4, 0.5) is 0 Å². The van der Waals surface area contributed by atoms with Gasteiger partial charge in [-0.05, 0) is 135 Å². The number of carbonyl (C=O) groups excluding carboxylic acids is 10. The van der Waals surface area contributed by atoms with Crippen molar-refractivity contribution in [2.45, 2.75) is 183 Å². The second-order valence-electron chi connectivity index (χ2n) is 21.5. The van der Waals surface area contributed by atoms with E-state index >= 15 is 0 Å². The highest BCUT2D eigenvalue weighted by Gasteiger charge is 2.40. The van der Waals surface area contributed by atoms with Crippen LogP contribution in [-0.4, -0.2) is 205 Å². The summed E-state index contributed by atoms with van der Waals surface area (Å²) in [5, 5.41) is 44.4. The number of carbonyl (C=O) groups is 10. The maximum Gasteiger partial charge on any atom is 0.268 e. The highest BCUT2D eigenvalue weighted by atomic mass is 16.3. The van der Waals surface area contributed by atoms with Gasteiger partial charge >= 0.3 is 0 Å². The van der Waals surface area contributed by atoms with E-state index in [0.29, 0.717) is 96.1 Å². The number of likely N-dealkylation sites (tertiary alicyclic amines) is 1. The number of H-pyrrole nitrogens is 1. The third-order valence-corrected chi connectivity index (χ3v) is 14.3. The molecule has 2 heterocycles. The average molecular weight is 1250 g/mol. The molecule has 1 saturated heterocycles. The molecule has 0 bridgehead atoms. The third-order valence-electron chi connectivity index (χ3n) is 14.3. The number of nitrogens with one attached hydrogen (secondary N) is 12. The molecule has 0 radical (unpaired) electrons. The minimum atomic E-state index is -1.57. The lowest BCUT2D eigenvalue weighted by atomic mass is 10.0. The van der Waals surface area contributed by atoms with Crippen LogP contribution < -0.4 is 99.0 Å². The summed E-state index contributed by atoms with van der Waals surface area (Å²) in [7, 11) is 0. The predicted molar refractivity (Wildman–Crippen MR) is 329 cm³/mol. The van der Waals surface area contributed by atoms with E-state index in [1.54, 1.807) is 6.92 Å². The molecule has 1 fully saturated rings. The summed E-state index contributed by atoms with van der Waals surface area (Å²) in [5.41, 5.74) is 45.8. The Hall–Kier alpha value is -7.40. The van der Waals surface area contributed by atoms with Gasteiger partial charge in [0.2, 0.25) is 53.2 Å². The molecule has 1 aliphatic heterocycles. The summed E-state index contributed by atoms with van der Waals surface area (Å²) in [6.07, 6.45) is 8.70. The number of aliphatic hydroxyl groups excluding tert-OH is 1. The zero-order valence-corrected chi connectivity index (χ0v) is 51.0. The van der Waals surface area contributed by atoms with Crippen molar-refractivity contribution < 1.29 is 53.1 Å². The van der Waals surface area contributed by atoms with Crippen LogP contribution in [0, 0.1) is 5.41 Å². The number of aromatic amines is 1. The fraction of sp³-hybridized carbons (Fsp3) is 0.709. The van der Waals surface area contributed by atoms with Crippen LogP contribution in [0.5, 0.6) is 0 Å². The van der Waals surface area contributed by atoms with Gasteiger partial charge in [-0.2, -0.15) is 0 Å². The number of guanidine groups is 1. The van der Waals surface area contributed by atoms with Crippen molar-refractivity contribution in [1.29, 1.82) is 5.41 Å². The molecule has 1 aromatic rings. The van der Waals surface area contributed by atoms with Crippen molar-refractivity contribution in [3.05, 3.63) is 30.0 Å². The summed E-state index contributed by atoms with van der Waals surface area (Å²) in [6, 6.07) is -9.91. The SMILES string of the molecule is CCC[C@H](NC(=O)[C@@H](NC(=O)C(N)CCCCN)[C@@H](O)CN)C(=O)NCC(=O)N[C@H](CCCN)C(=O)N1CCC[C@H]1C(=O)NC(Cc1cnc[nH]1)C(=O)N[C@@H](CCCCN)C(=O)N/C(=C\CCNC(=N)N)C(=O)N[C@@H](CCCCN)C(=O)NCCCCN. The molecule has 2 unspecified atom stereocenters. The van der Waals surface area contributed by atoms with E-state index in [4.69, 9.17) is 51.3 Å². The normalized spacial score (nSPS) is 15.8. The Kier molecular flexibility index (Phi) is 38.4. The zero-order chi connectivity index (χ0) is 65.4. The van der Waals surface area contributed by atoms with Gasteiger partial charge in [0.1, 0.15) is 48.0 Å². The van der Waals surface area contributed by atoms with Crippen molar-refractivity contribution in [3.63, 3.8) is 0 Å². The van der Waals surface area contributed by atoms with E-state index in [0.717, 1.165) is 0 Å². The Morgan fingerprint density at radius 1 is 0.659 bits per heavy atom. The molecule has 0 aromatic carbocycles. The maximum absolute atomic E-state index is 14.5. The molecule has 0 spiro atoms. The molecule has 9 atom stereocenters. The first-order chi connectivity index (χ1) is 42.2. The average Bonchev–Trinajstić information content (AvgIpc) is 3.65. The fourth-order valence-corrected chi connectivity index (χ4v) is 9.38. The molecule has 33 heteroatoms. The Balaban J connectivity index is 2.36. The summed E-state index contributed by atoms with van der Waals surface area (Å²) in [6.45, 7) is 2.73. The maximum atomic E-state index is 14.5. The van der Waals surface area contributed by atoms with Crippen LogP contribution in [0.3, 0.4) is 0 Å². The standard InChI is InChI=1S/C55H102N22O11/c1-2-14-36(74-53(87)45(43(78)30-61)76-46(80)35(62)15-3-6-21-56)48(82)68-32-44(79)70-40(18-11-25-60)54(88)77-28-13-20-42(77)52(86)75-41(29-34-31-65-33-69-34)51(85)73-38(17-5-8-23-58)49(83)72-39(19-12-27-67-55(63)64)50(84)71-37(16-4-7-22-57)47(81)66-26-10-9-24-59/h19,31,33,35-38,40-43,45,78H,2-18,20-30,32,56-62H2,1H3,(H,65,69)(H,66,81)(H,68,82)(H,70,79)(H,71,84)(H,72,83)(H,73,85)(H,74,87)(H,75,86)(H,76,80)(H4,63,64,67)/b39-19-/t35?,36-,37-,38-,40+,41?,42-,43-,45-/m0/s1. The molecule has 0 aliphatic carbocycles. The lowest BCUT2D eigenvalue weighted by molar-refractivity contribution is -0.142. The summed E-state index contributed by atoms with van der Waals surface area (Å²) in [4.78, 5) is 147. The Bertz CT molecular complexity index is 2370. The monoisotopic (exact) mass is 1250 g/mol. The fourth-order valence-electron chi connectivity index (χ4n) is 9.38. The van der Waals surface area contributed by atoms with Crippen molar-refractivity contribution in [2.75, 3.05) is 65.4 Å². The molecular weight excluding hydrogens is 1140 g/mol. The van der Waals surface area contributed by atoms with E-state index in [1.165, 1.54) is 23.5 Å². The molecule has 10 amide bonds. The van der Waals surface area contributed by atoms with Gasteiger partial charge in [0.05, 0.1) is 25.0 Å². The number of unbranched alkanes of at least 4 members (excludes halogenated alkanes) is 4. The number of nitrogens with zero attached hydrogens (tertiary/aromatic N) is 2. The molecular formula is C55H102N22O11. The first kappa shape index (κ1) is 76.7. The minimum absolute atomic E-state index is 0.0296. The van der Waals surface area contributed by atoms with Gasteiger partial charge in [-0.1, -0.05) is 25.8 Å². The van der Waals surface area contributed by atoms with Crippen LogP contribution in [-0.2, 0) is 54.4 Å². The molecule has 2 rings (SSSR count). The number of aromatic nitrogens is 2. The Morgan fingerprint density at radius 3 is 1.85 bits per heavy atom. The lowest BCUT2D eigenvalue weighted by Crippen LogP contribution is -2.61. The number of nitrogens with two attached hydrogens (primary N) is 8. The lowest BCUT2D eigenvalue weighted by Gasteiger charge is -2.30. The summed E-state index contributed by atoms with van der Waals surface area (Å²) >= 11 is 0. The molecule has 1 aliphatic rings. The number of aliphatic hydroxyl groups is 1. The third kappa shape index (κ3) is 29.1. The van der Waals surface area contributed by atoms with Crippen molar-refractivity contribution in [2.24, 2.45) is 45.9 Å². The number of imidazole rings is 1. The van der Waals surface area contributed by atoms with Gasteiger partial charge in [0, 0.05) is 44.5 Å². The van der Waals surface area contributed by atoms with Gasteiger partial charge in [-0.3, -0.25) is 53.4 Å². The molecule has 1 aromatic heterocycles. The number of amides is 10. The number of hydrogen-bond acceptors (Lipinski definition) is 20. The molecule has 33 nitrogen and oxygen atoms in total. The molecule has 498 valence electrons. The molecule has 29 N–H and O–H groups in total. The largest absolute Gasteiger partial charge is 0.389 e. The van der Waals surface area contributed by atoms with E-state index < -0.39 is 127 Å². The summed E-state index contributed by atoms with van der Waals surface area (Å²) < 4.78 is 0. The minimum Gasteiger partial charge on any atom is -0.389 e. The van der Waals surface area contributed by atoms with Crippen LogP contribution in [0.1, 0.15) is 128 Å². The van der Waals surface area contributed by atoms with E-state index in [2.05, 4.69) is 63.1 Å². The Morgan fingerprint density at radius 2 is 1.25 bits per heavy atom. The van der Waals surface area contributed by atoms with E-state index in [-0.39, 0.29) is 95.6 Å². The molecule has 0 saturated carbocycles. The van der Waals surface area contributed by atoms with Crippen LogP contribution in [0.25, 0.3) is 0 Å². The predicted octanol–water partition coefficient (Wildman–Crippen LogP) is -6.73. The van der Waals surface area contributed by atoms with Crippen LogP contribution in [0.15, 0.2) is 24.3 Å². The van der Waals surface area contributed by atoms with Gasteiger partial charge in [-0.25, -0.2) is 4.98 Å². The summed E-state index contributed by atoms with van der Waals surface area (Å²) in [5.74, 6) is -7.85. The van der Waals surface area contributed by atoms with Gasteiger partial charge in [0.15, 0.2) is 5.96 Å². The van der Waals surface area contributed by atoms with Gasteiger partial charge in [-0.15, -0.1) is 0 Å². The molecule has 88 heavy (non-hydrogen) atoms. The smallest absolute Gasteiger partial charge is 0.268 e. The van der Waals surface area contributed by atoms with Crippen LogP contribution in [0.2, 0.25) is 0 Å². The van der Waals surface area contributed by atoms with E-state index in [9.17, 15) is 53.1 Å². The van der Waals surface area contributed by atoms with Gasteiger partial charge in [0.25, 0.3) is 5.91 Å². The quantitative estimate of drug-likeness (QED) is 0.0125. The zero-order valence-electron chi connectivity index (χ0n) is 51.0.